The fraction of sp³-hybridized carbons (Fsp3) is 0.0667. The molecule has 1 aromatic heterocycles. The summed E-state index contributed by atoms with van der Waals surface area (Å²) in [7, 11) is 0. The molecule has 1 heterocycles. The van der Waals surface area contributed by atoms with Crippen molar-refractivity contribution in [2.24, 2.45) is 0 Å². The molecule has 0 amide bonds. The zero-order chi connectivity index (χ0) is 15.5. The minimum Gasteiger partial charge on any atom is -0.434 e. The molecule has 0 aliphatic rings. The van der Waals surface area contributed by atoms with Crippen LogP contribution in [0, 0.1) is 0 Å². The van der Waals surface area contributed by atoms with Gasteiger partial charge in [0, 0.05) is 10.0 Å². The maximum absolute atomic E-state index is 12.5. The number of benzene rings is 2. The Kier molecular flexibility index (Phi) is 4.15. The minimum absolute atomic E-state index is 0.0264. The van der Waals surface area contributed by atoms with E-state index in [-0.39, 0.29) is 11.6 Å². The number of nitrogens with zero attached hydrogens (tertiary/aromatic N) is 2. The average molecular weight is 367 g/mol. The number of rotatable bonds is 4. The summed E-state index contributed by atoms with van der Waals surface area (Å²) in [6.07, 6.45) is 0. The highest BCUT2D eigenvalue weighted by atomic mass is 79.9. The number of alkyl halides is 2. The molecule has 0 fully saturated rings. The van der Waals surface area contributed by atoms with Crippen LogP contribution in [-0.2, 0) is 0 Å². The van der Waals surface area contributed by atoms with Gasteiger partial charge < -0.3 is 9.26 Å². The van der Waals surface area contributed by atoms with Crippen molar-refractivity contribution in [3.05, 3.63) is 53.0 Å². The molecule has 3 rings (SSSR count). The Morgan fingerprint density at radius 3 is 2.59 bits per heavy atom. The zero-order valence-corrected chi connectivity index (χ0v) is 12.6. The van der Waals surface area contributed by atoms with E-state index in [2.05, 4.69) is 30.8 Å². The van der Waals surface area contributed by atoms with Gasteiger partial charge in [-0.15, -0.1) is 0 Å². The lowest BCUT2D eigenvalue weighted by molar-refractivity contribution is -0.0495. The summed E-state index contributed by atoms with van der Waals surface area (Å²) in [5.74, 6) is 0.454. The van der Waals surface area contributed by atoms with Gasteiger partial charge in [-0.05, 0) is 18.2 Å². The maximum atomic E-state index is 12.5. The third kappa shape index (κ3) is 3.14. The lowest BCUT2D eigenvalue weighted by Gasteiger charge is -2.08. The predicted molar refractivity (Wildman–Crippen MR) is 79.5 cm³/mol. The summed E-state index contributed by atoms with van der Waals surface area (Å²) in [4.78, 5) is 4.24. The average Bonchev–Trinajstić information content (AvgIpc) is 2.99. The Balaban J connectivity index is 2.01. The highest BCUT2D eigenvalue weighted by Crippen LogP contribution is 2.33. The quantitative estimate of drug-likeness (QED) is 0.667. The third-order valence-corrected chi connectivity index (χ3v) is 3.34. The van der Waals surface area contributed by atoms with E-state index in [1.807, 2.05) is 30.3 Å². The molecule has 0 bridgehead atoms. The van der Waals surface area contributed by atoms with E-state index in [0.29, 0.717) is 15.9 Å². The molecule has 2 aromatic carbocycles. The van der Waals surface area contributed by atoms with E-state index < -0.39 is 6.61 Å². The molecular weight excluding hydrogens is 358 g/mol. The van der Waals surface area contributed by atoms with Gasteiger partial charge in [-0.1, -0.05) is 51.4 Å². The first-order valence-electron chi connectivity index (χ1n) is 6.27. The monoisotopic (exact) mass is 366 g/mol. The Morgan fingerprint density at radius 2 is 1.86 bits per heavy atom. The Morgan fingerprint density at radius 1 is 1.09 bits per heavy atom. The number of ether oxygens (including phenoxy) is 1. The van der Waals surface area contributed by atoms with Crippen molar-refractivity contribution >= 4 is 15.9 Å². The van der Waals surface area contributed by atoms with Crippen molar-refractivity contribution in [3.63, 3.8) is 0 Å². The van der Waals surface area contributed by atoms with Crippen LogP contribution in [0.25, 0.3) is 22.8 Å². The van der Waals surface area contributed by atoms with Crippen LogP contribution in [0.15, 0.2) is 57.5 Å². The molecule has 22 heavy (non-hydrogen) atoms. The van der Waals surface area contributed by atoms with Crippen molar-refractivity contribution in [1.29, 1.82) is 0 Å². The molecule has 0 saturated carbocycles. The van der Waals surface area contributed by atoms with Gasteiger partial charge in [0.05, 0.1) is 5.56 Å². The smallest absolute Gasteiger partial charge is 0.387 e. The second-order valence-electron chi connectivity index (χ2n) is 4.31. The van der Waals surface area contributed by atoms with Crippen LogP contribution in [0.2, 0.25) is 0 Å². The first kappa shape index (κ1) is 14.6. The number of hydrogen-bond donors (Lipinski definition) is 0. The normalized spacial score (nSPS) is 10.9. The molecule has 0 atom stereocenters. The molecule has 4 nitrogen and oxygen atoms in total. The highest BCUT2D eigenvalue weighted by molar-refractivity contribution is 9.10. The molecule has 0 radical (unpaired) electrons. The van der Waals surface area contributed by atoms with Crippen molar-refractivity contribution in [2.45, 2.75) is 6.61 Å². The molecule has 0 spiro atoms. The van der Waals surface area contributed by atoms with Crippen LogP contribution < -0.4 is 4.74 Å². The van der Waals surface area contributed by atoms with Crippen LogP contribution >= 0.6 is 15.9 Å². The van der Waals surface area contributed by atoms with E-state index in [4.69, 9.17) is 4.52 Å². The summed E-state index contributed by atoms with van der Waals surface area (Å²) in [6.45, 7) is -2.93. The van der Waals surface area contributed by atoms with Crippen LogP contribution in [-0.4, -0.2) is 16.8 Å². The summed E-state index contributed by atoms with van der Waals surface area (Å²) in [5.41, 5.74) is 1.06. The first-order valence-corrected chi connectivity index (χ1v) is 7.06. The van der Waals surface area contributed by atoms with E-state index in [1.165, 1.54) is 6.07 Å². The van der Waals surface area contributed by atoms with Gasteiger partial charge in [0.25, 0.3) is 5.89 Å². The van der Waals surface area contributed by atoms with Crippen molar-refractivity contribution in [3.8, 4) is 28.6 Å². The van der Waals surface area contributed by atoms with Crippen LogP contribution in [0.4, 0.5) is 8.78 Å². The van der Waals surface area contributed by atoms with E-state index in [1.54, 1.807) is 12.1 Å². The Labute approximate surface area is 132 Å². The number of aromatic nitrogens is 2. The van der Waals surface area contributed by atoms with Crippen molar-refractivity contribution in [1.82, 2.24) is 10.1 Å². The molecule has 0 aliphatic carbocycles. The third-order valence-electron chi connectivity index (χ3n) is 2.85. The van der Waals surface area contributed by atoms with Crippen molar-refractivity contribution < 1.29 is 18.0 Å². The second kappa shape index (κ2) is 6.23. The first-order chi connectivity index (χ1) is 10.6. The van der Waals surface area contributed by atoms with Crippen LogP contribution in [0.5, 0.6) is 5.75 Å². The fourth-order valence-corrected chi connectivity index (χ4v) is 2.27. The minimum atomic E-state index is -2.93. The standard InChI is InChI=1S/C15H9BrF2N2O2/c16-10-6-7-12(21-15(17)18)11(8-10)14-19-13(20-22-14)9-4-2-1-3-5-9/h1-8,15H. The topological polar surface area (TPSA) is 48.2 Å². The zero-order valence-electron chi connectivity index (χ0n) is 11.0. The molecule has 7 heteroatoms. The van der Waals surface area contributed by atoms with Gasteiger partial charge >= 0.3 is 6.61 Å². The molecule has 0 saturated heterocycles. The van der Waals surface area contributed by atoms with E-state index >= 15 is 0 Å². The lowest BCUT2D eigenvalue weighted by atomic mass is 10.2. The summed E-state index contributed by atoms with van der Waals surface area (Å²) < 4.78 is 35.3. The van der Waals surface area contributed by atoms with Gasteiger partial charge in [-0.2, -0.15) is 13.8 Å². The van der Waals surface area contributed by atoms with E-state index in [0.717, 1.165) is 5.56 Å². The van der Waals surface area contributed by atoms with Gasteiger partial charge in [-0.25, -0.2) is 0 Å². The molecule has 0 N–H and O–H groups in total. The number of halogens is 3. The molecule has 112 valence electrons. The van der Waals surface area contributed by atoms with E-state index in [9.17, 15) is 8.78 Å². The molecule has 0 aliphatic heterocycles. The van der Waals surface area contributed by atoms with Crippen molar-refractivity contribution in [2.75, 3.05) is 0 Å². The summed E-state index contributed by atoms with van der Waals surface area (Å²) in [5, 5.41) is 3.87. The lowest BCUT2D eigenvalue weighted by Crippen LogP contribution is -2.03. The largest absolute Gasteiger partial charge is 0.434 e. The van der Waals surface area contributed by atoms with Crippen LogP contribution in [0.1, 0.15) is 0 Å². The molecular formula is C15H9BrF2N2O2. The SMILES string of the molecule is FC(F)Oc1ccc(Br)cc1-c1nc(-c2ccccc2)no1. The van der Waals surface area contributed by atoms with Gasteiger partial charge in [-0.3, -0.25) is 0 Å². The van der Waals surface area contributed by atoms with Gasteiger partial charge in [0.2, 0.25) is 5.82 Å². The fourth-order valence-electron chi connectivity index (χ4n) is 1.91. The maximum Gasteiger partial charge on any atom is 0.387 e. The molecule has 0 unspecified atom stereocenters. The summed E-state index contributed by atoms with van der Waals surface area (Å²) >= 11 is 3.28. The van der Waals surface area contributed by atoms with Crippen LogP contribution in [0.3, 0.4) is 0 Å². The summed E-state index contributed by atoms with van der Waals surface area (Å²) in [6, 6.07) is 13.8. The highest BCUT2D eigenvalue weighted by Gasteiger charge is 2.17. The Bertz CT molecular complexity index is 778. The number of hydrogen-bond acceptors (Lipinski definition) is 4. The second-order valence-corrected chi connectivity index (χ2v) is 5.22. The van der Waals surface area contributed by atoms with Gasteiger partial charge in [0.15, 0.2) is 0 Å². The predicted octanol–water partition coefficient (Wildman–Crippen LogP) is 4.77. The Hall–Kier alpha value is -2.28. The van der Waals surface area contributed by atoms with Gasteiger partial charge in [0.1, 0.15) is 5.75 Å². The molecule has 3 aromatic rings.